The first-order valence-corrected chi connectivity index (χ1v) is 5.60. The topological polar surface area (TPSA) is 54.5 Å². The Morgan fingerprint density at radius 1 is 1.00 bits per heavy atom. The van der Waals surface area contributed by atoms with Crippen molar-refractivity contribution in [2.75, 3.05) is 0 Å². The van der Waals surface area contributed by atoms with E-state index in [9.17, 15) is 0 Å². The van der Waals surface area contributed by atoms with Gasteiger partial charge in [0.2, 0.25) is 0 Å². The third-order valence-corrected chi connectivity index (χ3v) is 2.74. The predicted octanol–water partition coefficient (Wildman–Crippen LogP) is 3.33. The van der Waals surface area contributed by atoms with Crippen LogP contribution in [-0.4, -0.2) is 19.9 Å². The van der Waals surface area contributed by atoms with Crippen LogP contribution in [0.25, 0.3) is 22.6 Å². The van der Waals surface area contributed by atoms with Gasteiger partial charge in [-0.25, -0.2) is 15.0 Å². The predicted molar refractivity (Wildman–Crippen MR) is 67.1 cm³/mol. The first-order valence-electron chi connectivity index (χ1n) is 4.85. The Morgan fingerprint density at radius 2 is 1.76 bits per heavy atom. The zero-order chi connectivity index (χ0) is 11.8. The molecule has 0 bridgehead atoms. The minimum atomic E-state index is 0.569. The number of hydrogen-bond donors (Lipinski definition) is 1. The molecule has 0 aliphatic heterocycles. The molecule has 2 aromatic heterocycles. The molecule has 1 N–H and O–H groups in total. The van der Waals surface area contributed by atoms with Gasteiger partial charge < -0.3 is 4.98 Å². The van der Waals surface area contributed by atoms with E-state index in [0.29, 0.717) is 27.0 Å². The van der Waals surface area contributed by atoms with Crippen LogP contribution in [-0.2, 0) is 0 Å². The quantitative estimate of drug-likeness (QED) is 0.734. The molecule has 17 heavy (non-hydrogen) atoms. The molecular formula is C11H6Cl2N4. The smallest absolute Gasteiger partial charge is 0.197 e. The molecule has 3 aromatic rings. The fraction of sp³-hybridized carbons (Fsp3) is 0. The largest absolute Gasteiger partial charge is 0.328 e. The van der Waals surface area contributed by atoms with Crippen LogP contribution in [0, 0.1) is 0 Å². The number of H-pyrrole nitrogens is 1. The van der Waals surface area contributed by atoms with Crippen LogP contribution >= 0.6 is 23.2 Å². The summed E-state index contributed by atoms with van der Waals surface area (Å²) in [5, 5.41) is 1.14. The summed E-state index contributed by atoms with van der Waals surface area (Å²) >= 11 is 11.9. The molecule has 0 saturated carbocycles. The van der Waals surface area contributed by atoms with Crippen molar-refractivity contribution >= 4 is 34.5 Å². The molecule has 6 heteroatoms. The second-order valence-electron chi connectivity index (χ2n) is 3.49. The monoisotopic (exact) mass is 264 g/mol. The lowest BCUT2D eigenvalue weighted by molar-refractivity contribution is 1.26. The third kappa shape index (κ3) is 1.97. The molecule has 0 unspecified atom stereocenters. The number of imidazole rings is 1. The summed E-state index contributed by atoms with van der Waals surface area (Å²) in [6.07, 6.45) is 3.20. The third-order valence-electron chi connectivity index (χ3n) is 2.30. The van der Waals surface area contributed by atoms with E-state index in [1.165, 1.54) is 0 Å². The maximum atomic E-state index is 5.94. The van der Waals surface area contributed by atoms with Gasteiger partial charge in [0.05, 0.1) is 18.2 Å². The van der Waals surface area contributed by atoms with Crippen molar-refractivity contribution < 1.29 is 0 Å². The Balaban J connectivity index is 2.19. The van der Waals surface area contributed by atoms with Gasteiger partial charge in [-0.3, -0.25) is 0 Å². The second kappa shape index (κ2) is 3.98. The molecule has 3 rings (SSSR count). The van der Waals surface area contributed by atoms with E-state index in [0.717, 1.165) is 5.56 Å². The van der Waals surface area contributed by atoms with E-state index in [4.69, 9.17) is 23.2 Å². The molecule has 0 fully saturated rings. The van der Waals surface area contributed by atoms with Crippen LogP contribution in [0.2, 0.25) is 10.0 Å². The number of benzene rings is 1. The number of aromatic nitrogens is 4. The maximum Gasteiger partial charge on any atom is 0.197 e. The second-order valence-corrected chi connectivity index (χ2v) is 4.36. The molecule has 0 saturated heterocycles. The van der Waals surface area contributed by atoms with Gasteiger partial charge in [-0.15, -0.1) is 0 Å². The molecule has 4 nitrogen and oxygen atoms in total. The van der Waals surface area contributed by atoms with Gasteiger partial charge in [0.1, 0.15) is 0 Å². The highest BCUT2D eigenvalue weighted by Crippen LogP contribution is 2.26. The molecule has 0 aliphatic carbocycles. The Hall–Kier alpha value is -1.65. The van der Waals surface area contributed by atoms with Crippen LogP contribution in [0.5, 0.6) is 0 Å². The van der Waals surface area contributed by atoms with Crippen molar-refractivity contribution in [1.29, 1.82) is 0 Å². The van der Waals surface area contributed by atoms with Crippen LogP contribution in [0.4, 0.5) is 0 Å². The van der Waals surface area contributed by atoms with Gasteiger partial charge in [0, 0.05) is 15.6 Å². The number of aromatic amines is 1. The van der Waals surface area contributed by atoms with Crippen LogP contribution < -0.4 is 0 Å². The van der Waals surface area contributed by atoms with E-state index in [1.54, 1.807) is 30.7 Å². The SMILES string of the molecule is Clc1cc(Cl)cc(-c2cnc3nc[nH]c3n2)c1. The van der Waals surface area contributed by atoms with Gasteiger partial charge in [0.15, 0.2) is 11.3 Å². The summed E-state index contributed by atoms with van der Waals surface area (Å²) in [6, 6.07) is 5.26. The minimum absolute atomic E-state index is 0.569. The lowest BCUT2D eigenvalue weighted by Crippen LogP contribution is -1.88. The maximum absolute atomic E-state index is 5.94. The van der Waals surface area contributed by atoms with E-state index in [1.807, 2.05) is 0 Å². The van der Waals surface area contributed by atoms with Gasteiger partial charge in [0.25, 0.3) is 0 Å². The van der Waals surface area contributed by atoms with Crippen molar-refractivity contribution in [3.63, 3.8) is 0 Å². The number of halogens is 2. The normalized spacial score (nSPS) is 10.9. The zero-order valence-corrected chi connectivity index (χ0v) is 10.00. The van der Waals surface area contributed by atoms with Crippen molar-refractivity contribution in [2.45, 2.75) is 0 Å². The fourth-order valence-corrected chi connectivity index (χ4v) is 2.10. The minimum Gasteiger partial charge on any atom is -0.328 e. The summed E-state index contributed by atoms with van der Waals surface area (Å²) < 4.78 is 0. The van der Waals surface area contributed by atoms with Gasteiger partial charge in [-0.05, 0) is 18.2 Å². The summed E-state index contributed by atoms with van der Waals surface area (Å²) in [7, 11) is 0. The first kappa shape index (κ1) is 10.5. The van der Waals surface area contributed by atoms with Crippen molar-refractivity contribution in [3.05, 3.63) is 40.8 Å². The van der Waals surface area contributed by atoms with E-state index >= 15 is 0 Å². The van der Waals surface area contributed by atoms with Crippen molar-refractivity contribution in [2.24, 2.45) is 0 Å². The van der Waals surface area contributed by atoms with Crippen molar-refractivity contribution in [1.82, 2.24) is 19.9 Å². The molecule has 0 spiro atoms. The number of rotatable bonds is 1. The van der Waals surface area contributed by atoms with E-state index in [2.05, 4.69) is 19.9 Å². The molecule has 0 radical (unpaired) electrons. The lowest BCUT2D eigenvalue weighted by atomic mass is 10.2. The average molecular weight is 265 g/mol. The number of fused-ring (bicyclic) bond motifs is 1. The molecule has 84 valence electrons. The van der Waals surface area contributed by atoms with Crippen LogP contribution in [0.15, 0.2) is 30.7 Å². The zero-order valence-electron chi connectivity index (χ0n) is 8.48. The van der Waals surface area contributed by atoms with Crippen LogP contribution in [0.3, 0.4) is 0 Å². The summed E-state index contributed by atoms with van der Waals surface area (Å²) in [4.78, 5) is 15.5. The van der Waals surface area contributed by atoms with E-state index < -0.39 is 0 Å². The highest BCUT2D eigenvalue weighted by Gasteiger charge is 2.06. The Bertz CT molecular complexity index is 673. The first-order chi connectivity index (χ1) is 8.22. The summed E-state index contributed by atoms with van der Waals surface area (Å²) in [6.45, 7) is 0. The molecular weight excluding hydrogens is 259 g/mol. The lowest BCUT2D eigenvalue weighted by Gasteiger charge is -2.02. The molecule has 1 aromatic carbocycles. The molecule has 0 amide bonds. The molecule has 2 heterocycles. The molecule has 0 aliphatic rings. The van der Waals surface area contributed by atoms with Gasteiger partial charge >= 0.3 is 0 Å². The van der Waals surface area contributed by atoms with Gasteiger partial charge in [-0.2, -0.15) is 0 Å². The van der Waals surface area contributed by atoms with Crippen molar-refractivity contribution in [3.8, 4) is 11.3 Å². The van der Waals surface area contributed by atoms with E-state index in [-0.39, 0.29) is 0 Å². The number of nitrogens with one attached hydrogen (secondary N) is 1. The number of hydrogen-bond acceptors (Lipinski definition) is 3. The summed E-state index contributed by atoms with van der Waals surface area (Å²) in [5.41, 5.74) is 2.75. The standard InChI is InChI=1S/C11H6Cl2N4/c12-7-1-6(2-8(13)3-7)9-4-14-10-11(17-9)16-5-15-10/h1-5H,(H,14,15,16,17). The highest BCUT2D eigenvalue weighted by molar-refractivity contribution is 6.35. The average Bonchev–Trinajstić information content (AvgIpc) is 2.74. The van der Waals surface area contributed by atoms with Crippen LogP contribution in [0.1, 0.15) is 0 Å². The summed E-state index contributed by atoms with van der Waals surface area (Å²) in [5.74, 6) is 0. The highest BCUT2D eigenvalue weighted by atomic mass is 35.5. The fourth-order valence-electron chi connectivity index (χ4n) is 1.57. The Morgan fingerprint density at radius 3 is 2.53 bits per heavy atom. The van der Waals surface area contributed by atoms with Gasteiger partial charge in [-0.1, -0.05) is 23.2 Å². The Labute approximate surface area is 107 Å². The Kier molecular flexibility index (Phi) is 2.46. The number of nitrogens with zero attached hydrogens (tertiary/aromatic N) is 3. The molecule has 0 atom stereocenters.